The monoisotopic (exact) mass is 394 g/mol. The first-order chi connectivity index (χ1) is 13.4. The smallest absolute Gasteiger partial charge is 0.410 e. The summed E-state index contributed by atoms with van der Waals surface area (Å²) in [5.41, 5.74) is 2.82. The van der Waals surface area contributed by atoms with Crippen LogP contribution in [0, 0.1) is 17.8 Å². The molecular formula is C21H38N4O3. The molecule has 4 rings (SSSR count). The summed E-state index contributed by atoms with van der Waals surface area (Å²) in [6.45, 7) is 8.34. The fraction of sp³-hybridized carbons (Fsp3) is 0.952. The molecule has 7 nitrogen and oxygen atoms in total. The van der Waals surface area contributed by atoms with Crippen LogP contribution in [-0.4, -0.2) is 54.7 Å². The van der Waals surface area contributed by atoms with Gasteiger partial charge in [-0.05, 0) is 71.3 Å². The van der Waals surface area contributed by atoms with Crippen molar-refractivity contribution in [2.45, 2.75) is 89.8 Å². The highest BCUT2D eigenvalue weighted by Crippen LogP contribution is 2.36. The van der Waals surface area contributed by atoms with E-state index in [1.807, 2.05) is 25.7 Å². The Morgan fingerprint density at radius 2 is 1.86 bits per heavy atom. The summed E-state index contributed by atoms with van der Waals surface area (Å²) in [5, 5.41) is 7.40. The van der Waals surface area contributed by atoms with Crippen molar-refractivity contribution in [1.29, 1.82) is 0 Å². The predicted octanol–water partition coefficient (Wildman–Crippen LogP) is 2.58. The number of nitrogens with zero attached hydrogens (tertiary/aromatic N) is 1. The van der Waals surface area contributed by atoms with Gasteiger partial charge in [-0.3, -0.25) is 10.2 Å². The third-order valence-electron chi connectivity index (χ3n) is 6.61. The Bertz CT molecular complexity index is 540. The van der Waals surface area contributed by atoms with E-state index in [-0.39, 0.29) is 18.5 Å². The standard InChI is InChI=1S/C21H38N4O3/c1-21(2,3)27-20(26)25-10-7-15(8-11-25)18-23-19(28-24-18)16-6-9-22-17(13-16)12-14-4-5-14/h14-19,22-24H,4-13H2,1-3H3. The van der Waals surface area contributed by atoms with Gasteiger partial charge in [-0.1, -0.05) is 12.8 Å². The predicted molar refractivity (Wildman–Crippen MR) is 107 cm³/mol. The highest BCUT2D eigenvalue weighted by molar-refractivity contribution is 5.68. The van der Waals surface area contributed by atoms with Crippen molar-refractivity contribution in [3.8, 4) is 0 Å². The summed E-state index contributed by atoms with van der Waals surface area (Å²) in [4.78, 5) is 20.1. The lowest BCUT2D eigenvalue weighted by Gasteiger charge is -2.36. The molecule has 160 valence electrons. The van der Waals surface area contributed by atoms with Crippen LogP contribution < -0.4 is 16.1 Å². The number of ether oxygens (including phenoxy) is 1. The van der Waals surface area contributed by atoms with Crippen LogP contribution in [0.5, 0.6) is 0 Å². The number of nitrogens with one attached hydrogen (secondary N) is 3. The third-order valence-corrected chi connectivity index (χ3v) is 6.61. The number of hydroxylamine groups is 1. The van der Waals surface area contributed by atoms with Crippen LogP contribution in [0.1, 0.15) is 65.7 Å². The molecule has 0 aromatic rings. The van der Waals surface area contributed by atoms with Gasteiger partial charge in [0.05, 0.1) is 6.17 Å². The van der Waals surface area contributed by atoms with Gasteiger partial charge in [0.15, 0.2) is 0 Å². The van der Waals surface area contributed by atoms with E-state index >= 15 is 0 Å². The largest absolute Gasteiger partial charge is 0.444 e. The van der Waals surface area contributed by atoms with E-state index in [2.05, 4.69) is 16.1 Å². The zero-order valence-electron chi connectivity index (χ0n) is 17.7. The van der Waals surface area contributed by atoms with Crippen LogP contribution >= 0.6 is 0 Å². The molecule has 3 N–H and O–H groups in total. The number of amides is 1. The first-order valence-corrected chi connectivity index (χ1v) is 11.3. The quantitative estimate of drug-likeness (QED) is 0.681. The van der Waals surface area contributed by atoms with E-state index in [0.29, 0.717) is 17.9 Å². The van der Waals surface area contributed by atoms with E-state index in [0.717, 1.165) is 38.4 Å². The number of carbonyl (C=O) groups excluding carboxylic acids is 1. The van der Waals surface area contributed by atoms with Gasteiger partial charge in [0, 0.05) is 25.0 Å². The fourth-order valence-corrected chi connectivity index (χ4v) is 4.85. The summed E-state index contributed by atoms with van der Waals surface area (Å²) in [7, 11) is 0. The van der Waals surface area contributed by atoms with Crippen molar-refractivity contribution in [2.24, 2.45) is 17.8 Å². The lowest BCUT2D eigenvalue weighted by atomic mass is 9.88. The van der Waals surface area contributed by atoms with Crippen LogP contribution in [0.15, 0.2) is 0 Å². The Kier molecular flexibility index (Phi) is 6.16. The topological polar surface area (TPSA) is 74.9 Å². The summed E-state index contributed by atoms with van der Waals surface area (Å²) in [6, 6.07) is 0.660. The van der Waals surface area contributed by atoms with Crippen molar-refractivity contribution in [2.75, 3.05) is 19.6 Å². The molecule has 4 atom stereocenters. The van der Waals surface area contributed by atoms with Crippen molar-refractivity contribution in [3.05, 3.63) is 0 Å². The number of likely N-dealkylation sites (tertiary alicyclic amines) is 1. The first-order valence-electron chi connectivity index (χ1n) is 11.3. The minimum absolute atomic E-state index is 0.109. The molecule has 1 aliphatic carbocycles. The second kappa shape index (κ2) is 8.46. The highest BCUT2D eigenvalue weighted by atomic mass is 16.7. The molecule has 3 saturated heterocycles. The molecule has 0 spiro atoms. The van der Waals surface area contributed by atoms with E-state index in [9.17, 15) is 4.79 Å². The Labute approximate surface area is 169 Å². The number of piperidine rings is 2. The number of hydrogen-bond donors (Lipinski definition) is 3. The summed E-state index contributed by atoms with van der Waals surface area (Å²) in [6.07, 6.45) is 8.60. The van der Waals surface area contributed by atoms with Gasteiger partial charge >= 0.3 is 6.09 Å². The highest BCUT2D eigenvalue weighted by Gasteiger charge is 2.39. The second-order valence-electron chi connectivity index (χ2n) is 10.2. The Morgan fingerprint density at radius 1 is 1.11 bits per heavy atom. The van der Waals surface area contributed by atoms with Crippen LogP contribution in [0.4, 0.5) is 4.79 Å². The zero-order chi connectivity index (χ0) is 19.7. The average Bonchev–Trinajstić information content (AvgIpc) is 3.32. The fourth-order valence-electron chi connectivity index (χ4n) is 4.85. The van der Waals surface area contributed by atoms with Gasteiger partial charge in [-0.2, -0.15) is 5.48 Å². The van der Waals surface area contributed by atoms with E-state index < -0.39 is 5.60 Å². The maximum absolute atomic E-state index is 12.3. The summed E-state index contributed by atoms with van der Waals surface area (Å²) < 4.78 is 5.50. The second-order valence-corrected chi connectivity index (χ2v) is 10.2. The lowest BCUT2D eigenvalue weighted by Crippen LogP contribution is -2.50. The average molecular weight is 395 g/mol. The molecule has 7 heteroatoms. The first kappa shape index (κ1) is 20.4. The van der Waals surface area contributed by atoms with Gasteiger partial charge in [-0.25, -0.2) is 4.79 Å². The van der Waals surface area contributed by atoms with E-state index in [1.54, 1.807) is 0 Å². The van der Waals surface area contributed by atoms with E-state index in [4.69, 9.17) is 9.57 Å². The molecule has 1 amide bonds. The maximum atomic E-state index is 12.3. The van der Waals surface area contributed by atoms with Gasteiger partial charge < -0.3 is 15.0 Å². The van der Waals surface area contributed by atoms with Gasteiger partial charge in [0.2, 0.25) is 0 Å². The molecule has 1 saturated carbocycles. The molecule has 4 unspecified atom stereocenters. The van der Waals surface area contributed by atoms with Crippen LogP contribution in [-0.2, 0) is 9.57 Å². The number of hydrogen-bond acceptors (Lipinski definition) is 6. The summed E-state index contributed by atoms with van der Waals surface area (Å²) in [5.74, 6) is 2.02. The molecule has 0 aromatic heterocycles. The van der Waals surface area contributed by atoms with Crippen molar-refractivity contribution in [1.82, 2.24) is 21.0 Å². The van der Waals surface area contributed by atoms with Gasteiger partial charge in [0.1, 0.15) is 11.8 Å². The van der Waals surface area contributed by atoms with Crippen LogP contribution in [0.25, 0.3) is 0 Å². The molecule has 3 aliphatic heterocycles. The van der Waals surface area contributed by atoms with Crippen molar-refractivity contribution >= 4 is 6.09 Å². The molecule has 4 aliphatic rings. The number of carbonyl (C=O) groups is 1. The third kappa shape index (κ3) is 5.38. The minimum Gasteiger partial charge on any atom is -0.444 e. The Morgan fingerprint density at radius 3 is 2.54 bits per heavy atom. The Balaban J connectivity index is 1.21. The molecule has 0 bridgehead atoms. The molecule has 0 radical (unpaired) electrons. The normalized spacial score (nSPS) is 35.2. The minimum atomic E-state index is -0.435. The summed E-state index contributed by atoms with van der Waals surface area (Å²) >= 11 is 0. The van der Waals surface area contributed by atoms with Crippen molar-refractivity contribution < 1.29 is 14.4 Å². The van der Waals surface area contributed by atoms with Crippen molar-refractivity contribution in [3.63, 3.8) is 0 Å². The van der Waals surface area contributed by atoms with Crippen LogP contribution in [0.2, 0.25) is 0 Å². The van der Waals surface area contributed by atoms with Gasteiger partial charge in [0.25, 0.3) is 0 Å². The molecule has 4 fully saturated rings. The van der Waals surface area contributed by atoms with Gasteiger partial charge in [-0.15, -0.1) is 0 Å². The Hall–Kier alpha value is -0.890. The lowest BCUT2D eigenvalue weighted by molar-refractivity contribution is -0.0265. The molecule has 3 heterocycles. The molecule has 0 aromatic carbocycles. The molecular weight excluding hydrogens is 356 g/mol. The SMILES string of the molecule is CC(C)(C)OC(=O)N1CCC(C2NOC(C3CCNC(CC4CC4)C3)N2)CC1. The molecule has 28 heavy (non-hydrogen) atoms. The maximum Gasteiger partial charge on any atom is 0.410 e. The zero-order valence-corrected chi connectivity index (χ0v) is 17.7. The van der Waals surface area contributed by atoms with E-state index in [1.165, 1.54) is 32.1 Å². The van der Waals surface area contributed by atoms with Crippen LogP contribution in [0.3, 0.4) is 0 Å². The number of rotatable bonds is 4.